The average molecular weight is 586 g/mol. The third kappa shape index (κ3) is 9.78. The molecule has 2 aromatic rings. The van der Waals surface area contributed by atoms with Gasteiger partial charge in [0.1, 0.15) is 0 Å². The van der Waals surface area contributed by atoms with Gasteiger partial charge in [-0.1, -0.05) is 6.07 Å². The monoisotopic (exact) mass is 585 g/mol. The van der Waals surface area contributed by atoms with Crippen LogP contribution in [0.15, 0.2) is 42.0 Å². The number of amides is 1. The fourth-order valence-electron chi connectivity index (χ4n) is 3.96. The molecule has 4 heterocycles. The Morgan fingerprint density at radius 3 is 2.18 bits per heavy atom. The van der Waals surface area contributed by atoms with Gasteiger partial charge in [-0.3, -0.25) is 14.7 Å². The van der Waals surface area contributed by atoms with E-state index >= 15 is 0 Å². The van der Waals surface area contributed by atoms with Gasteiger partial charge >= 0.3 is 24.3 Å². The SMILES string of the molecule is O=C(NCCc1cccs1)[C@]12COC[C@H]1CN(Cc1ccncc1)C2.O=C(O)C(F)(F)F.O=C(O)C(F)(F)F. The second-order valence-electron chi connectivity index (χ2n) is 8.58. The summed E-state index contributed by atoms with van der Waals surface area (Å²) in [5.41, 5.74) is 0.854. The van der Waals surface area contributed by atoms with Crippen LogP contribution in [-0.2, 0) is 32.1 Å². The summed E-state index contributed by atoms with van der Waals surface area (Å²) < 4.78 is 69.2. The van der Waals surface area contributed by atoms with E-state index in [1.54, 1.807) is 11.3 Å². The van der Waals surface area contributed by atoms with Gasteiger partial charge in [0.05, 0.1) is 18.6 Å². The molecule has 0 radical (unpaired) electrons. The lowest BCUT2D eigenvalue weighted by Crippen LogP contribution is -2.47. The number of hydrogen-bond donors (Lipinski definition) is 3. The zero-order chi connectivity index (χ0) is 29.3. The van der Waals surface area contributed by atoms with Gasteiger partial charge in [0, 0.05) is 49.4 Å². The minimum atomic E-state index is -5.08. The first kappa shape index (κ1) is 32.0. The van der Waals surface area contributed by atoms with Gasteiger partial charge in [0.25, 0.3) is 0 Å². The standard InChI is InChI=1S/C19H23N3O2S.2C2HF3O2/c23-18(21-8-5-17-2-1-9-25-17)19-13-22(11-16(19)12-24-14-19)10-15-3-6-20-7-4-15;2*3-2(4,5)1(6)7/h1-4,6-7,9,16H,5,8,10-14H2,(H,21,23);2*(H,6,7)/t16-,19-;;/m1../s1. The van der Waals surface area contributed by atoms with Gasteiger partial charge in [0.2, 0.25) is 5.91 Å². The van der Waals surface area contributed by atoms with Crippen LogP contribution < -0.4 is 5.32 Å². The second kappa shape index (κ2) is 13.7. The Morgan fingerprint density at radius 2 is 1.67 bits per heavy atom. The van der Waals surface area contributed by atoms with E-state index in [1.807, 2.05) is 24.5 Å². The number of aliphatic carboxylic acids is 2. The van der Waals surface area contributed by atoms with Crippen molar-refractivity contribution in [3.8, 4) is 0 Å². The molecule has 0 saturated carbocycles. The van der Waals surface area contributed by atoms with Gasteiger partial charge in [-0.2, -0.15) is 26.3 Å². The number of aromatic nitrogens is 1. The summed E-state index contributed by atoms with van der Waals surface area (Å²) >= 11 is 1.74. The number of halogens is 6. The van der Waals surface area contributed by atoms with Crippen LogP contribution in [0.3, 0.4) is 0 Å². The smallest absolute Gasteiger partial charge is 0.475 e. The molecule has 3 N–H and O–H groups in total. The number of carboxylic acids is 2. The molecule has 0 unspecified atom stereocenters. The summed E-state index contributed by atoms with van der Waals surface area (Å²) in [5, 5.41) is 19.5. The number of rotatable bonds is 6. The molecule has 1 amide bonds. The molecule has 2 aliphatic rings. The van der Waals surface area contributed by atoms with Crippen molar-refractivity contribution in [2.45, 2.75) is 25.3 Å². The highest BCUT2D eigenvalue weighted by atomic mass is 32.1. The van der Waals surface area contributed by atoms with Crippen LogP contribution in [0, 0.1) is 11.3 Å². The topological polar surface area (TPSA) is 129 Å². The third-order valence-electron chi connectivity index (χ3n) is 5.77. The lowest BCUT2D eigenvalue weighted by molar-refractivity contribution is -0.193. The van der Waals surface area contributed by atoms with Crippen molar-refractivity contribution < 1.29 is 55.7 Å². The molecule has 0 aromatic carbocycles. The summed E-state index contributed by atoms with van der Waals surface area (Å²) in [4.78, 5) is 38.5. The van der Waals surface area contributed by atoms with Crippen molar-refractivity contribution in [2.75, 3.05) is 32.8 Å². The van der Waals surface area contributed by atoms with E-state index in [4.69, 9.17) is 24.5 Å². The van der Waals surface area contributed by atoms with Crippen molar-refractivity contribution in [3.05, 3.63) is 52.5 Å². The van der Waals surface area contributed by atoms with Crippen molar-refractivity contribution in [3.63, 3.8) is 0 Å². The predicted octanol–water partition coefficient (Wildman–Crippen LogP) is 3.22. The number of pyridine rings is 1. The quantitative estimate of drug-likeness (QED) is 0.441. The number of alkyl halides is 6. The summed E-state index contributed by atoms with van der Waals surface area (Å²) in [7, 11) is 0. The fourth-order valence-corrected chi connectivity index (χ4v) is 4.67. The number of nitrogens with one attached hydrogen (secondary N) is 1. The highest BCUT2D eigenvalue weighted by Crippen LogP contribution is 2.42. The number of hydrogen-bond acceptors (Lipinski definition) is 7. The Hall–Kier alpha value is -3.24. The molecule has 0 aliphatic carbocycles. The number of carboxylic acid groups (broad SMARTS) is 2. The maximum absolute atomic E-state index is 13.0. The van der Waals surface area contributed by atoms with Gasteiger partial charge in [0.15, 0.2) is 0 Å². The van der Waals surface area contributed by atoms with Crippen molar-refractivity contribution >= 4 is 29.2 Å². The van der Waals surface area contributed by atoms with E-state index in [1.165, 1.54) is 10.4 Å². The van der Waals surface area contributed by atoms with Crippen LogP contribution in [0.1, 0.15) is 10.4 Å². The van der Waals surface area contributed by atoms with Gasteiger partial charge in [-0.25, -0.2) is 9.59 Å². The molecule has 16 heteroatoms. The maximum atomic E-state index is 13.0. The molecule has 0 spiro atoms. The van der Waals surface area contributed by atoms with Crippen molar-refractivity contribution in [1.82, 2.24) is 15.2 Å². The lowest BCUT2D eigenvalue weighted by Gasteiger charge is -2.26. The lowest BCUT2D eigenvalue weighted by atomic mass is 9.80. The van der Waals surface area contributed by atoms with Crippen LogP contribution in [-0.4, -0.2) is 83.1 Å². The Balaban J connectivity index is 0.000000317. The van der Waals surface area contributed by atoms with Crippen molar-refractivity contribution in [2.24, 2.45) is 11.3 Å². The molecule has 2 aromatic heterocycles. The van der Waals surface area contributed by atoms with Crippen LogP contribution in [0.25, 0.3) is 0 Å². The highest BCUT2D eigenvalue weighted by molar-refractivity contribution is 7.09. The Labute approximate surface area is 222 Å². The Morgan fingerprint density at radius 1 is 1.08 bits per heavy atom. The number of thiophene rings is 1. The molecule has 2 atom stereocenters. The minimum Gasteiger partial charge on any atom is -0.475 e. The molecule has 2 saturated heterocycles. The largest absolute Gasteiger partial charge is 0.490 e. The third-order valence-corrected chi connectivity index (χ3v) is 6.71. The molecule has 2 aliphatic heterocycles. The van der Waals surface area contributed by atoms with E-state index in [2.05, 4.69) is 32.7 Å². The molecule has 0 bridgehead atoms. The minimum absolute atomic E-state index is 0.156. The van der Waals surface area contributed by atoms with Crippen LogP contribution in [0.2, 0.25) is 0 Å². The van der Waals surface area contributed by atoms with E-state index in [-0.39, 0.29) is 17.2 Å². The first-order chi connectivity index (χ1) is 18.1. The van der Waals surface area contributed by atoms with Crippen LogP contribution in [0.5, 0.6) is 0 Å². The van der Waals surface area contributed by atoms with E-state index in [0.717, 1.165) is 26.1 Å². The van der Waals surface area contributed by atoms with E-state index in [0.29, 0.717) is 19.8 Å². The zero-order valence-corrected chi connectivity index (χ0v) is 21.0. The first-order valence-electron chi connectivity index (χ1n) is 11.2. The van der Waals surface area contributed by atoms with Gasteiger partial charge in [-0.15, -0.1) is 11.3 Å². The number of carbonyl (C=O) groups excluding carboxylic acids is 1. The summed E-state index contributed by atoms with van der Waals surface area (Å²) in [6.45, 7) is 4.47. The number of carbonyl (C=O) groups is 3. The molecule has 2 fully saturated rings. The molecule has 39 heavy (non-hydrogen) atoms. The first-order valence-corrected chi connectivity index (χ1v) is 12.1. The molecule has 216 valence electrons. The highest BCUT2D eigenvalue weighted by Gasteiger charge is 2.55. The molecular formula is C23H25F6N3O6S. The number of fused-ring (bicyclic) bond motifs is 1. The second-order valence-corrected chi connectivity index (χ2v) is 9.62. The maximum Gasteiger partial charge on any atom is 0.490 e. The number of nitrogens with zero attached hydrogens (tertiary/aromatic N) is 2. The summed E-state index contributed by atoms with van der Waals surface area (Å²) in [6.07, 6.45) is -5.63. The summed E-state index contributed by atoms with van der Waals surface area (Å²) in [6, 6.07) is 8.24. The molecule has 9 nitrogen and oxygen atoms in total. The van der Waals surface area contributed by atoms with Crippen molar-refractivity contribution in [1.29, 1.82) is 0 Å². The molecular weight excluding hydrogens is 560 g/mol. The van der Waals surface area contributed by atoms with E-state index < -0.39 is 24.3 Å². The van der Waals surface area contributed by atoms with Gasteiger partial charge in [-0.05, 0) is 35.6 Å². The zero-order valence-electron chi connectivity index (χ0n) is 20.2. The van der Waals surface area contributed by atoms with Gasteiger partial charge < -0.3 is 20.3 Å². The Bertz CT molecular complexity index is 1060. The van der Waals surface area contributed by atoms with E-state index in [9.17, 15) is 31.1 Å². The molecule has 4 rings (SSSR count). The van der Waals surface area contributed by atoms with Crippen LogP contribution >= 0.6 is 11.3 Å². The Kier molecular flexibility index (Phi) is 11.2. The summed E-state index contributed by atoms with van der Waals surface area (Å²) in [5.74, 6) is -5.07. The average Bonchev–Trinajstić information content (AvgIpc) is 3.56. The fraction of sp³-hybridized carbons (Fsp3) is 0.478. The number of likely N-dealkylation sites (tertiary alicyclic amines) is 1. The van der Waals surface area contributed by atoms with Crippen LogP contribution in [0.4, 0.5) is 26.3 Å². The predicted molar refractivity (Wildman–Crippen MR) is 125 cm³/mol. The normalized spacial score (nSPS) is 20.6. The number of ether oxygens (including phenoxy) is 1.